The fraction of sp³-hybridized carbons (Fsp3) is 0.538. The Labute approximate surface area is 137 Å². The zero-order chi connectivity index (χ0) is 14.9. The predicted octanol–water partition coefficient (Wildman–Crippen LogP) is 2.82. The first-order valence-corrected chi connectivity index (χ1v) is 9.54. The van der Waals surface area contributed by atoms with E-state index in [-0.39, 0.29) is 5.92 Å². The molecule has 0 saturated carbocycles. The van der Waals surface area contributed by atoms with E-state index in [0.717, 1.165) is 10.9 Å². The number of hydrogen-bond donors (Lipinski definition) is 1. The molecule has 0 aromatic heterocycles. The molecular formula is C13H18Br2N2O2S. The van der Waals surface area contributed by atoms with Crippen LogP contribution in [0.15, 0.2) is 32.0 Å². The van der Waals surface area contributed by atoms with Crippen LogP contribution in [0.3, 0.4) is 0 Å². The van der Waals surface area contributed by atoms with Crippen LogP contribution in [-0.2, 0) is 10.0 Å². The van der Waals surface area contributed by atoms with Crippen LogP contribution in [0.1, 0.15) is 13.3 Å². The van der Waals surface area contributed by atoms with Gasteiger partial charge in [-0.3, -0.25) is 0 Å². The van der Waals surface area contributed by atoms with E-state index in [1.54, 1.807) is 16.4 Å². The van der Waals surface area contributed by atoms with Crippen LogP contribution in [0.4, 0.5) is 0 Å². The molecule has 0 amide bonds. The van der Waals surface area contributed by atoms with E-state index in [1.807, 2.05) is 6.07 Å². The molecule has 2 N–H and O–H groups in total. The van der Waals surface area contributed by atoms with Crippen molar-refractivity contribution in [2.24, 2.45) is 17.6 Å². The Bertz CT molecular complexity index is 592. The molecule has 2 atom stereocenters. The van der Waals surface area contributed by atoms with E-state index in [2.05, 4.69) is 38.8 Å². The highest BCUT2D eigenvalue weighted by molar-refractivity contribution is 9.11. The van der Waals surface area contributed by atoms with E-state index in [9.17, 15) is 8.42 Å². The van der Waals surface area contributed by atoms with E-state index in [0.29, 0.717) is 34.9 Å². The Morgan fingerprint density at radius 2 is 2.10 bits per heavy atom. The van der Waals surface area contributed by atoms with Crippen LogP contribution in [-0.4, -0.2) is 32.4 Å². The smallest absolute Gasteiger partial charge is 0.244 e. The highest BCUT2D eigenvalue weighted by Gasteiger charge is 2.34. The predicted molar refractivity (Wildman–Crippen MR) is 86.9 cm³/mol. The summed E-state index contributed by atoms with van der Waals surface area (Å²) in [5, 5.41) is 0. The molecule has 0 bridgehead atoms. The molecule has 1 aliphatic heterocycles. The van der Waals surface area contributed by atoms with Gasteiger partial charge in [0, 0.05) is 22.0 Å². The molecule has 7 heteroatoms. The third kappa shape index (κ3) is 3.27. The lowest BCUT2D eigenvalue weighted by Crippen LogP contribution is -2.45. The van der Waals surface area contributed by atoms with Gasteiger partial charge >= 0.3 is 0 Å². The number of rotatable bonds is 3. The number of sulfonamides is 1. The quantitative estimate of drug-likeness (QED) is 0.809. The molecule has 1 heterocycles. The lowest BCUT2D eigenvalue weighted by Gasteiger charge is -2.35. The summed E-state index contributed by atoms with van der Waals surface area (Å²) in [6.07, 6.45) is 0.854. The van der Waals surface area contributed by atoms with Gasteiger partial charge < -0.3 is 5.73 Å². The maximum absolute atomic E-state index is 12.8. The van der Waals surface area contributed by atoms with Gasteiger partial charge in [0.2, 0.25) is 10.0 Å². The van der Waals surface area contributed by atoms with Crippen LogP contribution >= 0.6 is 31.9 Å². The Hall–Kier alpha value is 0.0500. The molecule has 2 rings (SSSR count). The van der Waals surface area contributed by atoms with Gasteiger partial charge in [0.15, 0.2) is 0 Å². The number of halogens is 2. The average Bonchev–Trinajstić information content (AvgIpc) is 2.41. The fourth-order valence-corrected chi connectivity index (χ4v) is 5.43. The van der Waals surface area contributed by atoms with Gasteiger partial charge in [0.25, 0.3) is 0 Å². The van der Waals surface area contributed by atoms with Crippen LogP contribution < -0.4 is 5.73 Å². The second kappa shape index (κ2) is 6.44. The van der Waals surface area contributed by atoms with Crippen molar-refractivity contribution < 1.29 is 8.42 Å². The van der Waals surface area contributed by atoms with Gasteiger partial charge in [-0.25, -0.2) is 8.42 Å². The maximum atomic E-state index is 12.8. The van der Waals surface area contributed by atoms with Crippen molar-refractivity contribution in [2.45, 2.75) is 18.2 Å². The van der Waals surface area contributed by atoms with Gasteiger partial charge in [-0.1, -0.05) is 22.9 Å². The van der Waals surface area contributed by atoms with Gasteiger partial charge in [-0.15, -0.1) is 0 Å². The van der Waals surface area contributed by atoms with Crippen molar-refractivity contribution in [3.63, 3.8) is 0 Å². The molecular weight excluding hydrogens is 408 g/mol. The second-order valence-corrected chi connectivity index (χ2v) is 8.88. The summed E-state index contributed by atoms with van der Waals surface area (Å²) in [6.45, 7) is 3.71. The minimum absolute atomic E-state index is 0.226. The zero-order valence-electron chi connectivity index (χ0n) is 11.2. The van der Waals surface area contributed by atoms with E-state index in [1.165, 1.54) is 0 Å². The Balaban J connectivity index is 2.33. The van der Waals surface area contributed by atoms with Gasteiger partial charge in [0.05, 0.1) is 4.90 Å². The molecule has 0 aliphatic carbocycles. The summed E-state index contributed by atoms with van der Waals surface area (Å²) in [5.74, 6) is 0.696. The van der Waals surface area contributed by atoms with Crippen LogP contribution in [0.5, 0.6) is 0 Å². The van der Waals surface area contributed by atoms with Gasteiger partial charge in [0.1, 0.15) is 0 Å². The van der Waals surface area contributed by atoms with E-state index >= 15 is 0 Å². The third-order valence-electron chi connectivity index (χ3n) is 3.89. The zero-order valence-corrected chi connectivity index (χ0v) is 15.2. The topological polar surface area (TPSA) is 63.4 Å². The van der Waals surface area contributed by atoms with Crippen molar-refractivity contribution >= 4 is 41.9 Å². The third-order valence-corrected chi connectivity index (χ3v) is 7.24. The minimum Gasteiger partial charge on any atom is -0.330 e. The van der Waals surface area contributed by atoms with Crippen molar-refractivity contribution in [3.8, 4) is 0 Å². The molecule has 1 aromatic rings. The van der Waals surface area contributed by atoms with E-state index in [4.69, 9.17) is 5.73 Å². The number of nitrogens with zero attached hydrogens (tertiary/aromatic N) is 1. The molecule has 0 radical (unpaired) electrons. The second-order valence-electron chi connectivity index (χ2n) is 5.20. The molecule has 1 saturated heterocycles. The summed E-state index contributed by atoms with van der Waals surface area (Å²) in [6, 6.07) is 5.18. The van der Waals surface area contributed by atoms with Crippen LogP contribution in [0, 0.1) is 11.8 Å². The standard InChI is InChI=1S/C13H18Br2N2O2S/c1-9-4-5-17(8-10(9)7-16)20(18,19)13-6-11(14)2-3-12(13)15/h2-3,6,9-10H,4-5,7-8,16H2,1H3. The maximum Gasteiger partial charge on any atom is 0.244 e. The number of hydrogen-bond acceptors (Lipinski definition) is 3. The van der Waals surface area contributed by atoms with Crippen molar-refractivity contribution in [1.82, 2.24) is 4.31 Å². The van der Waals surface area contributed by atoms with Crippen molar-refractivity contribution in [1.29, 1.82) is 0 Å². The summed E-state index contributed by atoms with van der Waals surface area (Å²) < 4.78 is 28.4. The van der Waals surface area contributed by atoms with Gasteiger partial charge in [-0.2, -0.15) is 4.31 Å². The molecule has 0 spiro atoms. The molecule has 1 fully saturated rings. The molecule has 20 heavy (non-hydrogen) atoms. The summed E-state index contributed by atoms with van der Waals surface area (Å²) in [5.41, 5.74) is 5.75. The fourth-order valence-electron chi connectivity index (χ4n) is 2.46. The van der Waals surface area contributed by atoms with E-state index < -0.39 is 10.0 Å². The van der Waals surface area contributed by atoms with Crippen LogP contribution in [0.25, 0.3) is 0 Å². The number of piperidine rings is 1. The first-order valence-electron chi connectivity index (χ1n) is 6.51. The average molecular weight is 426 g/mol. The first-order chi connectivity index (χ1) is 9.36. The van der Waals surface area contributed by atoms with Crippen molar-refractivity contribution in [2.75, 3.05) is 19.6 Å². The minimum atomic E-state index is -3.48. The number of benzene rings is 1. The normalized spacial score (nSPS) is 24.8. The molecule has 1 aliphatic rings. The van der Waals surface area contributed by atoms with Gasteiger partial charge in [-0.05, 0) is 58.9 Å². The van der Waals surface area contributed by atoms with Crippen molar-refractivity contribution in [3.05, 3.63) is 27.1 Å². The Kier molecular flexibility index (Phi) is 5.29. The molecule has 112 valence electrons. The highest BCUT2D eigenvalue weighted by Crippen LogP contribution is 2.32. The molecule has 2 unspecified atom stereocenters. The molecule has 4 nitrogen and oxygen atoms in total. The monoisotopic (exact) mass is 424 g/mol. The Morgan fingerprint density at radius 1 is 1.40 bits per heavy atom. The lowest BCUT2D eigenvalue weighted by molar-refractivity contribution is 0.203. The summed E-state index contributed by atoms with van der Waals surface area (Å²) in [7, 11) is -3.48. The highest BCUT2D eigenvalue weighted by atomic mass is 79.9. The molecule has 1 aromatic carbocycles. The summed E-state index contributed by atoms with van der Waals surface area (Å²) in [4.78, 5) is 0.303. The van der Waals surface area contributed by atoms with Crippen LogP contribution in [0.2, 0.25) is 0 Å². The Morgan fingerprint density at radius 3 is 2.75 bits per heavy atom. The summed E-state index contributed by atoms with van der Waals surface area (Å²) >= 11 is 6.65. The lowest BCUT2D eigenvalue weighted by atomic mass is 9.88. The SMILES string of the molecule is CC1CCN(S(=O)(=O)c2cc(Br)ccc2Br)CC1CN. The first kappa shape index (κ1) is 16.4. The number of nitrogens with two attached hydrogens (primary N) is 1. The largest absolute Gasteiger partial charge is 0.330 e.